The van der Waals surface area contributed by atoms with Crippen LogP contribution in [0.25, 0.3) is 0 Å². The molecule has 0 unspecified atom stereocenters. The first kappa shape index (κ1) is 27.6. The van der Waals surface area contributed by atoms with Crippen LogP contribution in [0.2, 0.25) is 0 Å². The molecular weight excluding hydrogens is 424 g/mol. The zero-order valence-corrected chi connectivity index (χ0v) is 21.2. The van der Waals surface area contributed by atoms with Gasteiger partial charge in [-0.05, 0) is 61.1 Å². The van der Waals surface area contributed by atoms with Crippen molar-refractivity contribution in [2.75, 3.05) is 0 Å². The minimum atomic E-state index is -1.01. The van der Waals surface area contributed by atoms with Gasteiger partial charge in [0, 0.05) is 0 Å². The van der Waals surface area contributed by atoms with Gasteiger partial charge in [0.2, 0.25) is 0 Å². The summed E-state index contributed by atoms with van der Waals surface area (Å²) in [6.07, 6.45) is 17.2. The Bertz CT molecular complexity index is 752. The van der Waals surface area contributed by atoms with E-state index in [2.05, 4.69) is 13.8 Å². The van der Waals surface area contributed by atoms with Crippen molar-refractivity contribution in [3.05, 3.63) is 59.7 Å². The molecule has 0 saturated carbocycles. The summed E-state index contributed by atoms with van der Waals surface area (Å²) in [5.74, 6) is -1.33. The lowest BCUT2D eigenvalue weighted by atomic mass is 10.0. The minimum Gasteiger partial charge on any atom is -0.418 e. The molecule has 0 aliphatic heterocycles. The van der Waals surface area contributed by atoms with E-state index in [9.17, 15) is 9.59 Å². The number of hydrogen-bond acceptors (Lipinski definition) is 4. The molecule has 0 bridgehead atoms. The van der Waals surface area contributed by atoms with Crippen LogP contribution in [-0.4, -0.2) is 11.9 Å². The molecule has 34 heavy (non-hydrogen) atoms. The van der Waals surface area contributed by atoms with Crippen LogP contribution in [0.5, 0.6) is 11.5 Å². The van der Waals surface area contributed by atoms with Crippen LogP contribution >= 0.6 is 0 Å². The molecular formula is C30H42O4. The maximum Gasteiger partial charge on any atom is 0.423 e. The van der Waals surface area contributed by atoms with E-state index in [4.69, 9.17) is 9.47 Å². The summed E-state index contributed by atoms with van der Waals surface area (Å²) in [6.45, 7) is 4.45. The number of aryl methyl sites for hydroxylation is 2. The van der Waals surface area contributed by atoms with E-state index in [0.717, 1.165) is 25.7 Å². The van der Waals surface area contributed by atoms with Crippen LogP contribution < -0.4 is 9.47 Å². The van der Waals surface area contributed by atoms with E-state index in [-0.39, 0.29) is 0 Å². The maximum absolute atomic E-state index is 12.1. The van der Waals surface area contributed by atoms with Gasteiger partial charge in [-0.1, -0.05) is 102 Å². The second kappa shape index (κ2) is 16.9. The normalized spacial score (nSPS) is 10.8. The summed E-state index contributed by atoms with van der Waals surface area (Å²) >= 11 is 0. The molecule has 186 valence electrons. The van der Waals surface area contributed by atoms with Gasteiger partial charge in [0.1, 0.15) is 11.5 Å². The number of carbonyl (C=O) groups is 2. The molecule has 4 nitrogen and oxygen atoms in total. The highest BCUT2D eigenvalue weighted by molar-refractivity contribution is 6.31. The lowest BCUT2D eigenvalue weighted by Crippen LogP contribution is -2.25. The molecule has 0 radical (unpaired) electrons. The van der Waals surface area contributed by atoms with Crippen LogP contribution in [0.1, 0.15) is 102 Å². The van der Waals surface area contributed by atoms with Crippen molar-refractivity contribution in [1.29, 1.82) is 0 Å². The molecule has 0 atom stereocenters. The molecule has 0 fully saturated rings. The standard InChI is InChI=1S/C30H42O4/c1-3-5-7-9-11-13-15-25-17-21-27(22-18-25)33-29(31)30(32)34-28-23-19-26(20-24-28)16-14-12-10-8-6-4-2/h17-24H,3-16H2,1-2H3. The van der Waals surface area contributed by atoms with Crippen LogP contribution in [-0.2, 0) is 22.4 Å². The van der Waals surface area contributed by atoms with E-state index >= 15 is 0 Å². The van der Waals surface area contributed by atoms with Gasteiger partial charge in [-0.3, -0.25) is 0 Å². The van der Waals surface area contributed by atoms with Crippen LogP contribution in [0.15, 0.2) is 48.5 Å². The summed E-state index contributed by atoms with van der Waals surface area (Å²) < 4.78 is 10.4. The zero-order valence-electron chi connectivity index (χ0n) is 21.2. The highest BCUT2D eigenvalue weighted by Gasteiger charge is 2.19. The third-order valence-electron chi connectivity index (χ3n) is 6.07. The Morgan fingerprint density at radius 1 is 0.500 bits per heavy atom. The quantitative estimate of drug-likeness (QED) is 0.109. The molecule has 0 aliphatic carbocycles. The van der Waals surface area contributed by atoms with Crippen molar-refractivity contribution in [2.45, 2.75) is 104 Å². The topological polar surface area (TPSA) is 52.6 Å². The van der Waals surface area contributed by atoms with Gasteiger partial charge in [0.15, 0.2) is 0 Å². The van der Waals surface area contributed by atoms with Gasteiger partial charge in [-0.15, -0.1) is 0 Å². The van der Waals surface area contributed by atoms with Crippen LogP contribution in [0, 0.1) is 0 Å². The molecule has 2 aromatic carbocycles. The first-order valence-electron chi connectivity index (χ1n) is 13.2. The van der Waals surface area contributed by atoms with Crippen molar-refractivity contribution in [1.82, 2.24) is 0 Å². The average molecular weight is 467 g/mol. The number of rotatable bonds is 16. The summed E-state index contributed by atoms with van der Waals surface area (Å²) in [6, 6.07) is 14.7. The van der Waals surface area contributed by atoms with Gasteiger partial charge >= 0.3 is 11.9 Å². The van der Waals surface area contributed by atoms with Gasteiger partial charge in [-0.25, -0.2) is 9.59 Å². The van der Waals surface area contributed by atoms with Crippen molar-refractivity contribution in [3.63, 3.8) is 0 Å². The van der Waals surface area contributed by atoms with E-state index in [1.54, 1.807) is 24.3 Å². The third-order valence-corrected chi connectivity index (χ3v) is 6.07. The lowest BCUT2D eigenvalue weighted by Gasteiger charge is -2.07. The van der Waals surface area contributed by atoms with Crippen molar-refractivity contribution >= 4 is 11.9 Å². The fourth-order valence-corrected chi connectivity index (χ4v) is 3.96. The Kier molecular flexibility index (Phi) is 13.7. The van der Waals surface area contributed by atoms with E-state index in [1.165, 1.54) is 75.3 Å². The number of benzene rings is 2. The first-order chi connectivity index (χ1) is 16.6. The largest absolute Gasteiger partial charge is 0.423 e. The van der Waals surface area contributed by atoms with Gasteiger partial charge in [-0.2, -0.15) is 0 Å². The average Bonchev–Trinajstić information content (AvgIpc) is 2.85. The van der Waals surface area contributed by atoms with Gasteiger partial charge in [0.05, 0.1) is 0 Å². The Morgan fingerprint density at radius 2 is 0.824 bits per heavy atom. The predicted molar refractivity (Wildman–Crippen MR) is 138 cm³/mol. The van der Waals surface area contributed by atoms with Gasteiger partial charge in [0.25, 0.3) is 0 Å². The molecule has 0 aromatic heterocycles. The highest BCUT2D eigenvalue weighted by atomic mass is 16.6. The van der Waals surface area contributed by atoms with Gasteiger partial charge < -0.3 is 9.47 Å². The number of esters is 2. The third kappa shape index (κ3) is 11.5. The molecule has 0 aliphatic rings. The second-order valence-electron chi connectivity index (χ2n) is 9.10. The number of ether oxygens (including phenoxy) is 2. The fraction of sp³-hybridized carbons (Fsp3) is 0.533. The van der Waals surface area contributed by atoms with E-state index in [1.807, 2.05) is 24.3 Å². The number of hydrogen-bond donors (Lipinski definition) is 0. The number of carbonyl (C=O) groups excluding carboxylic acids is 2. The first-order valence-corrected chi connectivity index (χ1v) is 13.2. The van der Waals surface area contributed by atoms with E-state index in [0.29, 0.717) is 11.5 Å². The Balaban J connectivity index is 1.68. The molecule has 0 spiro atoms. The van der Waals surface area contributed by atoms with Crippen molar-refractivity contribution in [2.24, 2.45) is 0 Å². The number of unbranched alkanes of at least 4 members (excludes halogenated alkanes) is 10. The van der Waals surface area contributed by atoms with E-state index < -0.39 is 11.9 Å². The molecule has 0 saturated heterocycles. The SMILES string of the molecule is CCCCCCCCc1ccc(OC(=O)C(=O)Oc2ccc(CCCCCCCC)cc2)cc1. The van der Waals surface area contributed by atoms with Crippen molar-refractivity contribution < 1.29 is 19.1 Å². The molecule has 0 heterocycles. The Morgan fingerprint density at radius 3 is 1.18 bits per heavy atom. The molecule has 2 aromatic rings. The smallest absolute Gasteiger partial charge is 0.418 e. The zero-order chi connectivity index (χ0) is 24.4. The highest BCUT2D eigenvalue weighted by Crippen LogP contribution is 2.18. The molecule has 0 amide bonds. The Hall–Kier alpha value is -2.62. The summed E-state index contributed by atoms with van der Waals surface area (Å²) in [7, 11) is 0. The minimum absolute atomic E-state index is 0.350. The lowest BCUT2D eigenvalue weighted by molar-refractivity contribution is -0.156. The summed E-state index contributed by atoms with van der Waals surface area (Å²) in [5.41, 5.74) is 2.41. The van der Waals surface area contributed by atoms with Crippen LogP contribution in [0.4, 0.5) is 0 Å². The fourth-order valence-electron chi connectivity index (χ4n) is 3.96. The summed E-state index contributed by atoms with van der Waals surface area (Å²) in [4.78, 5) is 24.2. The maximum atomic E-state index is 12.1. The molecule has 4 heteroatoms. The molecule has 0 N–H and O–H groups in total. The second-order valence-corrected chi connectivity index (χ2v) is 9.10. The van der Waals surface area contributed by atoms with Crippen molar-refractivity contribution in [3.8, 4) is 11.5 Å². The Labute approximate surface area is 206 Å². The summed E-state index contributed by atoms with van der Waals surface area (Å²) in [5, 5.41) is 0. The molecule has 2 rings (SSSR count). The monoisotopic (exact) mass is 466 g/mol. The predicted octanol–water partition coefficient (Wildman–Crippen LogP) is 8.00. The van der Waals surface area contributed by atoms with Crippen LogP contribution in [0.3, 0.4) is 0 Å².